The van der Waals surface area contributed by atoms with E-state index < -0.39 is 0 Å². The van der Waals surface area contributed by atoms with Crippen LogP contribution in [0.5, 0.6) is 0 Å². The highest BCUT2D eigenvalue weighted by molar-refractivity contribution is 8.00. The van der Waals surface area contributed by atoms with Crippen molar-refractivity contribution < 1.29 is 9.53 Å². The van der Waals surface area contributed by atoms with E-state index >= 15 is 0 Å². The molecule has 0 bridgehead atoms. The molecular formula is C11H22N2O2S. The molecule has 0 aliphatic carbocycles. The predicted molar refractivity (Wildman–Crippen MR) is 67.9 cm³/mol. The number of hydrogen-bond donors (Lipinski definition) is 2. The molecule has 94 valence electrons. The average Bonchev–Trinajstić information content (AvgIpc) is 2.34. The van der Waals surface area contributed by atoms with Gasteiger partial charge >= 0.3 is 0 Å². The third-order valence-corrected chi connectivity index (χ3v) is 3.93. The van der Waals surface area contributed by atoms with Gasteiger partial charge in [0.1, 0.15) is 0 Å². The van der Waals surface area contributed by atoms with Crippen molar-refractivity contribution in [2.24, 2.45) is 0 Å². The Hall–Kier alpha value is -0.260. The lowest BCUT2D eigenvalue weighted by atomic mass is 10.2. The zero-order valence-electron chi connectivity index (χ0n) is 9.96. The summed E-state index contributed by atoms with van der Waals surface area (Å²) in [5.74, 6) is 1.34. The zero-order chi connectivity index (χ0) is 11.6. The van der Waals surface area contributed by atoms with E-state index in [4.69, 9.17) is 4.74 Å². The largest absolute Gasteiger partial charge is 0.383 e. The molecule has 16 heavy (non-hydrogen) atoms. The summed E-state index contributed by atoms with van der Waals surface area (Å²) in [5, 5.41) is 6.35. The minimum atomic E-state index is 0.188. The van der Waals surface area contributed by atoms with E-state index in [1.165, 1.54) is 12.8 Å². The summed E-state index contributed by atoms with van der Waals surface area (Å²) in [6, 6.07) is 0. The molecule has 1 saturated heterocycles. The highest BCUT2D eigenvalue weighted by Crippen LogP contribution is 2.24. The first-order chi connectivity index (χ1) is 7.84. The molecule has 1 aliphatic rings. The van der Waals surface area contributed by atoms with Gasteiger partial charge in [-0.05, 0) is 18.6 Å². The second kappa shape index (κ2) is 8.84. The first-order valence-electron chi connectivity index (χ1n) is 5.93. The van der Waals surface area contributed by atoms with Gasteiger partial charge in [-0.2, -0.15) is 0 Å². The maximum atomic E-state index is 11.7. The molecule has 5 heteroatoms. The molecule has 0 aromatic heterocycles. The van der Waals surface area contributed by atoms with Crippen molar-refractivity contribution in [3.63, 3.8) is 0 Å². The van der Waals surface area contributed by atoms with Crippen LogP contribution < -0.4 is 10.6 Å². The Morgan fingerprint density at radius 1 is 1.38 bits per heavy atom. The molecule has 0 radical (unpaired) electrons. The van der Waals surface area contributed by atoms with Gasteiger partial charge in [-0.1, -0.05) is 6.42 Å². The SMILES string of the molecule is COCCNCCNC(=O)C1CCCCS1. The number of methoxy groups -OCH3 is 1. The summed E-state index contributed by atoms with van der Waals surface area (Å²) in [7, 11) is 1.68. The molecule has 0 saturated carbocycles. The molecule has 0 aromatic rings. The normalized spacial score (nSPS) is 20.7. The van der Waals surface area contributed by atoms with Crippen LogP contribution in [0, 0.1) is 0 Å². The summed E-state index contributed by atoms with van der Waals surface area (Å²) in [6.45, 7) is 3.07. The van der Waals surface area contributed by atoms with Crippen LogP contribution in [0.4, 0.5) is 0 Å². The molecule has 0 spiro atoms. The van der Waals surface area contributed by atoms with Crippen LogP contribution in [0.2, 0.25) is 0 Å². The molecule has 1 unspecified atom stereocenters. The van der Waals surface area contributed by atoms with Gasteiger partial charge in [0.25, 0.3) is 0 Å². The minimum Gasteiger partial charge on any atom is -0.383 e. The van der Waals surface area contributed by atoms with Crippen LogP contribution in [0.3, 0.4) is 0 Å². The summed E-state index contributed by atoms with van der Waals surface area (Å²) in [5.41, 5.74) is 0. The van der Waals surface area contributed by atoms with Crippen LogP contribution in [0.25, 0.3) is 0 Å². The van der Waals surface area contributed by atoms with Crippen molar-refractivity contribution in [2.75, 3.05) is 39.1 Å². The van der Waals surface area contributed by atoms with E-state index in [1.807, 2.05) is 0 Å². The highest BCUT2D eigenvalue weighted by Gasteiger charge is 2.20. The predicted octanol–water partition coefficient (Wildman–Crippen LogP) is 0.624. The Morgan fingerprint density at radius 3 is 2.94 bits per heavy atom. The minimum absolute atomic E-state index is 0.188. The first kappa shape index (κ1) is 13.8. The molecule has 1 rings (SSSR count). The molecule has 0 aromatic carbocycles. The lowest BCUT2D eigenvalue weighted by Crippen LogP contribution is -2.38. The van der Waals surface area contributed by atoms with E-state index in [9.17, 15) is 4.79 Å². The lowest BCUT2D eigenvalue weighted by Gasteiger charge is -2.20. The summed E-state index contributed by atoms with van der Waals surface area (Å²) >= 11 is 1.79. The van der Waals surface area contributed by atoms with Crippen molar-refractivity contribution in [3.05, 3.63) is 0 Å². The Labute approximate surface area is 102 Å². The van der Waals surface area contributed by atoms with Gasteiger partial charge in [0, 0.05) is 26.7 Å². The van der Waals surface area contributed by atoms with E-state index in [1.54, 1.807) is 18.9 Å². The Morgan fingerprint density at radius 2 is 2.25 bits per heavy atom. The van der Waals surface area contributed by atoms with E-state index in [0.717, 1.165) is 25.3 Å². The summed E-state index contributed by atoms with van der Waals surface area (Å²) < 4.78 is 4.91. The number of carbonyl (C=O) groups is 1. The van der Waals surface area contributed by atoms with Crippen LogP contribution in [-0.2, 0) is 9.53 Å². The Bertz CT molecular complexity index is 196. The monoisotopic (exact) mass is 246 g/mol. The second-order valence-corrected chi connectivity index (χ2v) is 5.20. The molecule has 1 heterocycles. The number of nitrogens with one attached hydrogen (secondary N) is 2. The van der Waals surface area contributed by atoms with Gasteiger partial charge in [0.2, 0.25) is 5.91 Å². The number of thioether (sulfide) groups is 1. The average molecular weight is 246 g/mol. The number of ether oxygens (including phenoxy) is 1. The van der Waals surface area contributed by atoms with E-state index in [2.05, 4.69) is 10.6 Å². The molecule has 1 atom stereocenters. The summed E-state index contributed by atoms with van der Waals surface area (Å²) in [6.07, 6.45) is 3.48. The number of rotatable bonds is 7. The van der Waals surface area contributed by atoms with Crippen molar-refractivity contribution >= 4 is 17.7 Å². The number of hydrogen-bond acceptors (Lipinski definition) is 4. The zero-order valence-corrected chi connectivity index (χ0v) is 10.8. The van der Waals surface area contributed by atoms with Gasteiger partial charge in [-0.3, -0.25) is 4.79 Å². The van der Waals surface area contributed by atoms with Crippen LogP contribution in [0.1, 0.15) is 19.3 Å². The molecular weight excluding hydrogens is 224 g/mol. The van der Waals surface area contributed by atoms with Crippen molar-refractivity contribution in [1.29, 1.82) is 0 Å². The highest BCUT2D eigenvalue weighted by atomic mass is 32.2. The van der Waals surface area contributed by atoms with Crippen molar-refractivity contribution in [1.82, 2.24) is 10.6 Å². The lowest BCUT2D eigenvalue weighted by molar-refractivity contribution is -0.120. The van der Waals surface area contributed by atoms with Gasteiger partial charge in [0.05, 0.1) is 11.9 Å². The van der Waals surface area contributed by atoms with Crippen molar-refractivity contribution in [3.8, 4) is 0 Å². The molecule has 1 fully saturated rings. The Kier molecular flexibility index (Phi) is 7.63. The molecule has 1 amide bonds. The third-order valence-electron chi connectivity index (χ3n) is 2.56. The van der Waals surface area contributed by atoms with Crippen LogP contribution >= 0.6 is 11.8 Å². The molecule has 1 aliphatic heterocycles. The molecule has 2 N–H and O–H groups in total. The Balaban J connectivity index is 1.97. The standard InChI is InChI=1S/C11H22N2O2S/c1-15-8-7-12-5-6-13-11(14)10-4-2-3-9-16-10/h10,12H,2-9H2,1H3,(H,13,14). The summed E-state index contributed by atoms with van der Waals surface area (Å²) in [4.78, 5) is 11.7. The van der Waals surface area contributed by atoms with Crippen LogP contribution in [0.15, 0.2) is 0 Å². The molecule has 4 nitrogen and oxygen atoms in total. The number of carbonyl (C=O) groups excluding carboxylic acids is 1. The van der Waals surface area contributed by atoms with E-state index in [0.29, 0.717) is 13.2 Å². The maximum Gasteiger partial charge on any atom is 0.233 e. The fraction of sp³-hybridized carbons (Fsp3) is 0.909. The quantitative estimate of drug-likeness (QED) is 0.647. The number of amides is 1. The van der Waals surface area contributed by atoms with Gasteiger partial charge in [-0.25, -0.2) is 0 Å². The van der Waals surface area contributed by atoms with Gasteiger partial charge < -0.3 is 15.4 Å². The smallest absolute Gasteiger partial charge is 0.233 e. The van der Waals surface area contributed by atoms with Crippen molar-refractivity contribution in [2.45, 2.75) is 24.5 Å². The maximum absolute atomic E-state index is 11.7. The first-order valence-corrected chi connectivity index (χ1v) is 6.98. The fourth-order valence-electron chi connectivity index (χ4n) is 1.63. The third kappa shape index (κ3) is 5.72. The topological polar surface area (TPSA) is 50.4 Å². The second-order valence-electron chi connectivity index (χ2n) is 3.89. The van der Waals surface area contributed by atoms with E-state index in [-0.39, 0.29) is 11.2 Å². The van der Waals surface area contributed by atoms with Crippen LogP contribution in [-0.4, -0.2) is 50.3 Å². The van der Waals surface area contributed by atoms with Gasteiger partial charge in [0.15, 0.2) is 0 Å². The fourth-order valence-corrected chi connectivity index (χ4v) is 2.86. The van der Waals surface area contributed by atoms with Gasteiger partial charge in [-0.15, -0.1) is 11.8 Å².